The number of aromatic nitrogens is 3. The molecular weight excluding hydrogens is 456 g/mol. The summed E-state index contributed by atoms with van der Waals surface area (Å²) in [7, 11) is 0. The molecule has 0 fully saturated rings. The summed E-state index contributed by atoms with van der Waals surface area (Å²) < 4.78 is 0. The fraction of sp³-hybridized carbons (Fsp3) is 0.219. The average Bonchev–Trinajstić information content (AvgIpc) is 3.35. The van der Waals surface area contributed by atoms with E-state index in [1.54, 1.807) is 4.80 Å². The summed E-state index contributed by atoms with van der Waals surface area (Å²) in [5.74, 6) is -0.0950. The molecule has 0 bridgehead atoms. The van der Waals surface area contributed by atoms with Gasteiger partial charge in [0, 0.05) is 5.69 Å². The highest BCUT2D eigenvalue weighted by Crippen LogP contribution is 2.34. The molecule has 0 aliphatic carbocycles. The van der Waals surface area contributed by atoms with Gasteiger partial charge in [0.05, 0.1) is 11.1 Å². The molecule has 5 aromatic rings. The van der Waals surface area contributed by atoms with Crippen molar-refractivity contribution in [2.75, 3.05) is 5.32 Å². The summed E-state index contributed by atoms with van der Waals surface area (Å²) >= 11 is 0. The molecule has 0 saturated heterocycles. The lowest BCUT2D eigenvalue weighted by atomic mass is 9.75. The number of unbranched alkanes of at least 4 members (excludes halogenated alkanes) is 1. The van der Waals surface area contributed by atoms with Crippen LogP contribution >= 0.6 is 0 Å². The summed E-state index contributed by atoms with van der Waals surface area (Å²) in [5, 5.41) is 12.6. The van der Waals surface area contributed by atoms with Crippen molar-refractivity contribution < 1.29 is 4.79 Å². The Morgan fingerprint density at radius 2 is 1.41 bits per heavy atom. The normalized spacial score (nSPS) is 11.5. The number of benzene rings is 4. The first kappa shape index (κ1) is 24.4. The van der Waals surface area contributed by atoms with Crippen molar-refractivity contribution in [2.24, 2.45) is 0 Å². The topological polar surface area (TPSA) is 59.8 Å². The molecule has 0 aliphatic heterocycles. The Kier molecular flexibility index (Phi) is 6.87. The molecule has 1 aromatic heterocycles. The van der Waals surface area contributed by atoms with Gasteiger partial charge in [0.15, 0.2) is 0 Å². The predicted octanol–water partition coefficient (Wildman–Crippen LogP) is 7.02. The summed E-state index contributed by atoms with van der Waals surface area (Å²) in [6.45, 7) is 6.16. The molecule has 0 aliphatic rings. The molecule has 1 heterocycles. The van der Waals surface area contributed by atoms with Gasteiger partial charge in [-0.3, -0.25) is 4.79 Å². The average molecular weight is 489 g/mol. The van der Waals surface area contributed by atoms with Crippen LogP contribution in [0.15, 0.2) is 97.1 Å². The van der Waals surface area contributed by atoms with Gasteiger partial charge in [-0.05, 0) is 73.2 Å². The van der Waals surface area contributed by atoms with Crippen molar-refractivity contribution in [1.82, 2.24) is 15.0 Å². The molecule has 4 aromatic carbocycles. The SMILES string of the molecule is CCCCc1ccc(-n2nc3cc(C)c(NC(=O)C(C)(c4ccccc4)c4ccccc4)cc3n2)cc1. The number of carbonyl (C=O) groups excluding carboxylic acids is 1. The highest BCUT2D eigenvalue weighted by Gasteiger charge is 2.37. The number of aryl methyl sites for hydroxylation is 2. The number of amides is 1. The van der Waals surface area contributed by atoms with Gasteiger partial charge in [-0.25, -0.2) is 0 Å². The molecule has 0 spiro atoms. The number of nitrogens with one attached hydrogen (secondary N) is 1. The number of rotatable bonds is 8. The van der Waals surface area contributed by atoms with Crippen molar-refractivity contribution in [3.05, 3.63) is 119 Å². The van der Waals surface area contributed by atoms with Gasteiger partial charge in [0.2, 0.25) is 5.91 Å². The number of fused-ring (bicyclic) bond motifs is 1. The maximum absolute atomic E-state index is 13.9. The number of anilines is 1. The Morgan fingerprint density at radius 3 is 1.97 bits per heavy atom. The molecule has 0 unspecified atom stereocenters. The van der Waals surface area contributed by atoms with Gasteiger partial charge in [0.1, 0.15) is 11.0 Å². The molecule has 37 heavy (non-hydrogen) atoms. The van der Waals surface area contributed by atoms with Gasteiger partial charge in [-0.2, -0.15) is 4.80 Å². The minimum absolute atomic E-state index is 0.0950. The molecular formula is C32H32N4O. The van der Waals surface area contributed by atoms with Gasteiger partial charge in [-0.1, -0.05) is 86.1 Å². The molecule has 1 N–H and O–H groups in total. The van der Waals surface area contributed by atoms with Crippen LogP contribution in [0.2, 0.25) is 0 Å². The van der Waals surface area contributed by atoms with Crippen molar-refractivity contribution >= 4 is 22.6 Å². The lowest BCUT2D eigenvalue weighted by molar-refractivity contribution is -0.119. The van der Waals surface area contributed by atoms with E-state index in [1.807, 2.05) is 86.6 Å². The van der Waals surface area contributed by atoms with Gasteiger partial charge in [0.25, 0.3) is 0 Å². The number of hydrogen-bond acceptors (Lipinski definition) is 3. The summed E-state index contributed by atoms with van der Waals surface area (Å²) in [6.07, 6.45) is 3.45. The first-order valence-corrected chi connectivity index (χ1v) is 12.9. The van der Waals surface area contributed by atoms with E-state index >= 15 is 0 Å². The third-order valence-corrected chi connectivity index (χ3v) is 7.12. The monoisotopic (exact) mass is 488 g/mol. The predicted molar refractivity (Wildman–Crippen MR) is 150 cm³/mol. The standard InChI is InChI=1S/C32H32N4O/c1-4-5-12-24-17-19-27(20-18-24)36-34-29-21-23(2)28(22-30(29)35-36)33-31(37)32(3,25-13-8-6-9-14-25)26-15-10-7-11-16-26/h6-11,13-22H,4-5,12H2,1-3H3,(H,33,37). The molecule has 5 heteroatoms. The molecule has 186 valence electrons. The third-order valence-electron chi connectivity index (χ3n) is 7.12. The Balaban J connectivity index is 1.46. The number of carbonyl (C=O) groups is 1. The van der Waals surface area contributed by atoms with Crippen molar-refractivity contribution in [3.8, 4) is 5.69 Å². The van der Waals surface area contributed by atoms with Crippen molar-refractivity contribution in [1.29, 1.82) is 0 Å². The smallest absolute Gasteiger partial charge is 0.239 e. The minimum atomic E-state index is -0.860. The van der Waals surface area contributed by atoms with Gasteiger partial charge >= 0.3 is 0 Å². The van der Waals surface area contributed by atoms with E-state index in [1.165, 1.54) is 18.4 Å². The quantitative estimate of drug-likeness (QED) is 0.255. The lowest BCUT2D eigenvalue weighted by Crippen LogP contribution is -2.38. The number of hydrogen-bond donors (Lipinski definition) is 1. The van der Waals surface area contributed by atoms with E-state index in [0.29, 0.717) is 0 Å². The summed E-state index contributed by atoms with van der Waals surface area (Å²) in [4.78, 5) is 15.6. The lowest BCUT2D eigenvalue weighted by Gasteiger charge is -2.30. The Bertz CT molecular complexity index is 1470. The van der Waals surface area contributed by atoms with Crippen LogP contribution in [0, 0.1) is 6.92 Å². The second-order valence-corrected chi connectivity index (χ2v) is 9.73. The molecule has 0 saturated carbocycles. The highest BCUT2D eigenvalue weighted by molar-refractivity contribution is 6.03. The Hall–Kier alpha value is -4.25. The van der Waals surface area contributed by atoms with Crippen LogP contribution in [0.4, 0.5) is 5.69 Å². The van der Waals surface area contributed by atoms with Crippen molar-refractivity contribution in [3.63, 3.8) is 0 Å². The zero-order valence-corrected chi connectivity index (χ0v) is 21.6. The maximum atomic E-state index is 13.9. The van der Waals surface area contributed by atoms with Gasteiger partial charge in [-0.15, -0.1) is 10.2 Å². The van der Waals surface area contributed by atoms with Crippen LogP contribution in [-0.4, -0.2) is 20.9 Å². The van der Waals surface area contributed by atoms with E-state index in [-0.39, 0.29) is 5.91 Å². The van der Waals surface area contributed by atoms with Crippen LogP contribution in [0.5, 0.6) is 0 Å². The summed E-state index contributed by atoms with van der Waals surface area (Å²) in [5.41, 5.74) is 6.45. The fourth-order valence-corrected chi connectivity index (χ4v) is 4.71. The first-order chi connectivity index (χ1) is 18.0. The largest absolute Gasteiger partial charge is 0.325 e. The van der Waals surface area contributed by atoms with Crippen LogP contribution in [0.25, 0.3) is 16.7 Å². The van der Waals surface area contributed by atoms with E-state index < -0.39 is 5.41 Å². The maximum Gasteiger partial charge on any atom is 0.239 e. The van der Waals surface area contributed by atoms with E-state index in [2.05, 4.69) is 36.5 Å². The molecule has 0 radical (unpaired) electrons. The molecule has 5 rings (SSSR count). The summed E-state index contributed by atoms with van der Waals surface area (Å²) in [6, 6.07) is 32.1. The zero-order valence-electron chi connectivity index (χ0n) is 21.6. The van der Waals surface area contributed by atoms with Crippen LogP contribution < -0.4 is 5.32 Å². The fourth-order valence-electron chi connectivity index (χ4n) is 4.71. The molecule has 1 amide bonds. The third kappa shape index (κ3) is 4.90. The van der Waals surface area contributed by atoms with E-state index in [4.69, 9.17) is 10.2 Å². The second kappa shape index (κ2) is 10.4. The molecule has 0 atom stereocenters. The molecule has 5 nitrogen and oxygen atoms in total. The Labute approximate surface area is 218 Å². The van der Waals surface area contributed by atoms with Crippen LogP contribution in [0.1, 0.15) is 48.9 Å². The number of nitrogens with zero attached hydrogens (tertiary/aromatic N) is 3. The van der Waals surface area contributed by atoms with E-state index in [0.717, 1.165) is 45.5 Å². The first-order valence-electron chi connectivity index (χ1n) is 12.9. The van der Waals surface area contributed by atoms with E-state index in [9.17, 15) is 4.79 Å². The van der Waals surface area contributed by atoms with Crippen LogP contribution in [0.3, 0.4) is 0 Å². The van der Waals surface area contributed by atoms with Crippen molar-refractivity contribution in [2.45, 2.75) is 45.4 Å². The van der Waals surface area contributed by atoms with Crippen LogP contribution in [-0.2, 0) is 16.6 Å². The minimum Gasteiger partial charge on any atom is -0.325 e. The van der Waals surface area contributed by atoms with Gasteiger partial charge < -0.3 is 5.32 Å². The highest BCUT2D eigenvalue weighted by atomic mass is 16.2. The zero-order chi connectivity index (χ0) is 25.8. The Morgan fingerprint density at radius 1 is 0.838 bits per heavy atom. The second-order valence-electron chi connectivity index (χ2n) is 9.73.